The molecular formula is C19H20N4O2. The molecule has 1 aromatic carbocycles. The molecule has 0 unspecified atom stereocenters. The van der Waals surface area contributed by atoms with Crippen molar-refractivity contribution < 1.29 is 9.53 Å². The molecule has 3 heterocycles. The third kappa shape index (κ3) is 3.07. The van der Waals surface area contributed by atoms with Crippen LogP contribution in [0.15, 0.2) is 49.2 Å². The molecule has 0 spiro atoms. The summed E-state index contributed by atoms with van der Waals surface area (Å²) in [4.78, 5) is 22.6. The van der Waals surface area contributed by atoms with Crippen molar-refractivity contribution in [3.05, 3.63) is 54.9 Å². The van der Waals surface area contributed by atoms with Crippen LogP contribution in [0.25, 0.3) is 10.8 Å². The normalized spacial score (nSPS) is 15.5. The van der Waals surface area contributed by atoms with Crippen molar-refractivity contribution >= 4 is 16.7 Å². The SMILES string of the molecule is Cn1cncc1C(=O)N1CCC(Oc2cccc3ccncc23)CC1. The van der Waals surface area contributed by atoms with Gasteiger partial charge in [0.1, 0.15) is 17.5 Å². The molecule has 0 aliphatic carbocycles. The maximum atomic E-state index is 12.5. The summed E-state index contributed by atoms with van der Waals surface area (Å²) in [7, 11) is 1.84. The minimum atomic E-state index is 0.0350. The van der Waals surface area contributed by atoms with E-state index in [1.54, 1.807) is 23.3 Å². The van der Waals surface area contributed by atoms with Gasteiger partial charge in [-0.2, -0.15) is 0 Å². The third-order valence-electron chi connectivity index (χ3n) is 4.70. The van der Waals surface area contributed by atoms with E-state index in [9.17, 15) is 4.79 Å². The standard InChI is InChI=1S/C19H20N4O2/c1-22-13-21-12-17(22)19(24)23-9-6-15(7-10-23)25-18-4-2-3-14-5-8-20-11-16(14)18/h2-5,8,11-13,15H,6-7,9-10H2,1H3. The van der Waals surface area contributed by atoms with Crippen molar-refractivity contribution in [2.75, 3.05) is 13.1 Å². The van der Waals surface area contributed by atoms with E-state index in [0.29, 0.717) is 18.8 Å². The van der Waals surface area contributed by atoms with Gasteiger partial charge in [0.2, 0.25) is 0 Å². The smallest absolute Gasteiger partial charge is 0.272 e. The lowest BCUT2D eigenvalue weighted by Gasteiger charge is -2.32. The summed E-state index contributed by atoms with van der Waals surface area (Å²) in [6, 6.07) is 8.02. The Labute approximate surface area is 146 Å². The summed E-state index contributed by atoms with van der Waals surface area (Å²) >= 11 is 0. The van der Waals surface area contributed by atoms with E-state index in [1.807, 2.05) is 36.3 Å². The highest BCUT2D eigenvalue weighted by molar-refractivity contribution is 5.92. The number of rotatable bonds is 3. The van der Waals surface area contributed by atoms with Crippen LogP contribution in [0, 0.1) is 0 Å². The molecule has 1 aliphatic rings. The molecule has 0 saturated carbocycles. The quantitative estimate of drug-likeness (QED) is 0.738. The van der Waals surface area contributed by atoms with Crippen LogP contribution in [0.1, 0.15) is 23.3 Å². The van der Waals surface area contributed by atoms with Crippen LogP contribution in [0.2, 0.25) is 0 Å². The van der Waals surface area contributed by atoms with Crippen LogP contribution >= 0.6 is 0 Å². The second kappa shape index (κ2) is 6.55. The number of pyridine rings is 1. The molecule has 6 heteroatoms. The molecule has 1 fully saturated rings. The van der Waals surface area contributed by atoms with Gasteiger partial charge in [0.05, 0.1) is 12.5 Å². The number of ether oxygens (including phenoxy) is 1. The Kier molecular flexibility index (Phi) is 4.09. The van der Waals surface area contributed by atoms with Gasteiger partial charge >= 0.3 is 0 Å². The van der Waals surface area contributed by atoms with Crippen molar-refractivity contribution in [2.45, 2.75) is 18.9 Å². The molecule has 1 saturated heterocycles. The molecule has 0 bridgehead atoms. The van der Waals surface area contributed by atoms with Crippen molar-refractivity contribution in [1.82, 2.24) is 19.4 Å². The first kappa shape index (κ1) is 15.6. The van der Waals surface area contributed by atoms with Gasteiger partial charge < -0.3 is 14.2 Å². The Morgan fingerprint density at radius 2 is 2.00 bits per heavy atom. The molecule has 1 amide bonds. The Morgan fingerprint density at radius 1 is 1.16 bits per heavy atom. The number of nitrogens with zero attached hydrogens (tertiary/aromatic N) is 4. The largest absolute Gasteiger partial charge is 0.490 e. The highest BCUT2D eigenvalue weighted by atomic mass is 16.5. The number of benzene rings is 1. The first-order chi connectivity index (χ1) is 12.2. The van der Waals surface area contributed by atoms with E-state index in [-0.39, 0.29) is 12.0 Å². The molecule has 3 aromatic rings. The Bertz CT molecular complexity index is 892. The van der Waals surface area contributed by atoms with Gasteiger partial charge in [-0.1, -0.05) is 12.1 Å². The molecule has 25 heavy (non-hydrogen) atoms. The molecule has 4 rings (SSSR count). The molecule has 6 nitrogen and oxygen atoms in total. The Hall–Kier alpha value is -2.89. The fourth-order valence-corrected chi connectivity index (χ4v) is 3.27. The first-order valence-corrected chi connectivity index (χ1v) is 8.47. The zero-order valence-electron chi connectivity index (χ0n) is 14.1. The van der Waals surface area contributed by atoms with Gasteiger partial charge in [0.15, 0.2) is 0 Å². The summed E-state index contributed by atoms with van der Waals surface area (Å²) in [5, 5.41) is 2.15. The number of piperidine rings is 1. The number of hydrogen-bond donors (Lipinski definition) is 0. The summed E-state index contributed by atoms with van der Waals surface area (Å²) in [6.07, 6.45) is 8.65. The van der Waals surface area contributed by atoms with Crippen LogP contribution in [-0.4, -0.2) is 44.5 Å². The molecular weight excluding hydrogens is 316 g/mol. The predicted octanol–water partition coefficient (Wildman–Crippen LogP) is 2.65. The third-order valence-corrected chi connectivity index (χ3v) is 4.70. The number of aromatic nitrogens is 3. The van der Waals surface area contributed by atoms with Crippen LogP contribution in [0.5, 0.6) is 5.75 Å². The first-order valence-electron chi connectivity index (χ1n) is 8.47. The monoisotopic (exact) mass is 336 g/mol. The lowest BCUT2D eigenvalue weighted by molar-refractivity contribution is 0.0589. The van der Waals surface area contributed by atoms with Crippen LogP contribution in [0.4, 0.5) is 0 Å². The van der Waals surface area contributed by atoms with Crippen molar-refractivity contribution in [2.24, 2.45) is 7.05 Å². The van der Waals surface area contributed by atoms with E-state index in [2.05, 4.69) is 16.0 Å². The Balaban J connectivity index is 1.42. The minimum Gasteiger partial charge on any atom is -0.490 e. The number of imidazole rings is 1. The summed E-state index contributed by atoms with van der Waals surface area (Å²) in [5.74, 6) is 0.898. The van der Waals surface area contributed by atoms with Gasteiger partial charge in [-0.3, -0.25) is 9.78 Å². The number of amides is 1. The second-order valence-corrected chi connectivity index (χ2v) is 6.35. The van der Waals surface area contributed by atoms with Gasteiger partial charge in [-0.15, -0.1) is 0 Å². The number of carbonyl (C=O) groups is 1. The lowest BCUT2D eigenvalue weighted by atomic mass is 10.1. The van der Waals surface area contributed by atoms with E-state index in [1.165, 1.54) is 0 Å². The van der Waals surface area contributed by atoms with Crippen molar-refractivity contribution in [3.63, 3.8) is 0 Å². The summed E-state index contributed by atoms with van der Waals surface area (Å²) < 4.78 is 7.97. The van der Waals surface area contributed by atoms with Gasteiger partial charge in [-0.25, -0.2) is 4.98 Å². The number of fused-ring (bicyclic) bond motifs is 1. The fourth-order valence-electron chi connectivity index (χ4n) is 3.27. The highest BCUT2D eigenvalue weighted by Crippen LogP contribution is 2.27. The number of hydrogen-bond acceptors (Lipinski definition) is 4. The van der Waals surface area contributed by atoms with E-state index in [0.717, 1.165) is 29.4 Å². The van der Waals surface area contributed by atoms with Gasteiger partial charge in [0, 0.05) is 50.8 Å². The molecule has 0 atom stereocenters. The molecule has 128 valence electrons. The van der Waals surface area contributed by atoms with Crippen molar-refractivity contribution in [3.8, 4) is 5.75 Å². The number of carbonyl (C=O) groups excluding carboxylic acids is 1. The van der Waals surface area contributed by atoms with Crippen LogP contribution < -0.4 is 4.74 Å². The zero-order valence-corrected chi connectivity index (χ0v) is 14.1. The molecule has 1 aliphatic heterocycles. The number of aryl methyl sites for hydroxylation is 1. The van der Waals surface area contributed by atoms with Gasteiger partial charge in [0.25, 0.3) is 5.91 Å². The van der Waals surface area contributed by atoms with E-state index < -0.39 is 0 Å². The predicted molar refractivity (Wildman–Crippen MR) is 94.5 cm³/mol. The summed E-state index contributed by atoms with van der Waals surface area (Å²) in [6.45, 7) is 1.38. The lowest BCUT2D eigenvalue weighted by Crippen LogP contribution is -2.42. The minimum absolute atomic E-state index is 0.0350. The van der Waals surface area contributed by atoms with Crippen molar-refractivity contribution in [1.29, 1.82) is 0 Å². The molecule has 2 aromatic heterocycles. The Morgan fingerprint density at radius 3 is 2.76 bits per heavy atom. The van der Waals surface area contributed by atoms with Gasteiger partial charge in [-0.05, 0) is 17.5 Å². The maximum Gasteiger partial charge on any atom is 0.272 e. The van der Waals surface area contributed by atoms with Crippen LogP contribution in [-0.2, 0) is 7.05 Å². The molecule has 0 radical (unpaired) electrons. The van der Waals surface area contributed by atoms with Crippen LogP contribution in [0.3, 0.4) is 0 Å². The second-order valence-electron chi connectivity index (χ2n) is 6.35. The average Bonchev–Trinajstić information content (AvgIpc) is 3.08. The topological polar surface area (TPSA) is 60.2 Å². The van der Waals surface area contributed by atoms with E-state index in [4.69, 9.17) is 4.74 Å². The molecule has 0 N–H and O–H groups in total. The fraction of sp³-hybridized carbons (Fsp3) is 0.316. The number of likely N-dealkylation sites (tertiary alicyclic amines) is 1. The average molecular weight is 336 g/mol. The summed E-state index contributed by atoms with van der Waals surface area (Å²) in [5.41, 5.74) is 0.625. The highest BCUT2D eigenvalue weighted by Gasteiger charge is 2.26. The maximum absolute atomic E-state index is 12.5. The zero-order chi connectivity index (χ0) is 17.2. The van der Waals surface area contributed by atoms with E-state index >= 15 is 0 Å².